The van der Waals surface area contributed by atoms with E-state index in [1.165, 1.54) is 12.1 Å². The first-order valence-electron chi connectivity index (χ1n) is 7.37. The molecule has 0 amide bonds. The van der Waals surface area contributed by atoms with Crippen molar-refractivity contribution in [2.75, 3.05) is 18.1 Å². The number of hydrogen-bond acceptors (Lipinski definition) is 5. The Kier molecular flexibility index (Phi) is 5.24. The van der Waals surface area contributed by atoms with Crippen molar-refractivity contribution in [3.05, 3.63) is 32.8 Å². The molecule has 0 radical (unpaired) electrons. The molecule has 0 aliphatic carbocycles. The fraction of sp³-hybridized carbons (Fsp3) is 0.533. The van der Waals surface area contributed by atoms with Gasteiger partial charge < -0.3 is 9.64 Å². The monoisotopic (exact) mass is 326 g/mol. The summed E-state index contributed by atoms with van der Waals surface area (Å²) in [7, 11) is 0. The summed E-state index contributed by atoms with van der Waals surface area (Å²) in [4.78, 5) is 24.7. The first kappa shape index (κ1) is 16.5. The van der Waals surface area contributed by atoms with E-state index in [2.05, 4.69) is 0 Å². The summed E-state index contributed by atoms with van der Waals surface area (Å²) in [6, 6.07) is 2.88. The summed E-state index contributed by atoms with van der Waals surface area (Å²) in [6.45, 7) is 4.63. The third kappa shape index (κ3) is 3.32. The van der Waals surface area contributed by atoms with Crippen molar-refractivity contribution in [2.24, 2.45) is 0 Å². The molecule has 0 bridgehead atoms. The van der Waals surface area contributed by atoms with Gasteiger partial charge in [0.2, 0.25) is 0 Å². The molecule has 1 atom stereocenters. The lowest BCUT2D eigenvalue weighted by atomic mass is 10.0. The molecule has 1 aromatic carbocycles. The van der Waals surface area contributed by atoms with Crippen LogP contribution in [0.5, 0.6) is 0 Å². The molecule has 1 saturated heterocycles. The molecule has 2 rings (SSSR count). The topological polar surface area (TPSA) is 72.7 Å². The van der Waals surface area contributed by atoms with Crippen LogP contribution in [0.3, 0.4) is 0 Å². The van der Waals surface area contributed by atoms with E-state index in [0.717, 1.165) is 25.8 Å². The maximum absolute atomic E-state index is 11.8. The van der Waals surface area contributed by atoms with Gasteiger partial charge in [-0.15, -0.1) is 0 Å². The number of halogens is 1. The average Bonchev–Trinajstić information content (AvgIpc) is 2.47. The van der Waals surface area contributed by atoms with Gasteiger partial charge in [0.1, 0.15) is 5.69 Å². The van der Waals surface area contributed by atoms with E-state index in [9.17, 15) is 14.9 Å². The van der Waals surface area contributed by atoms with Crippen molar-refractivity contribution in [1.29, 1.82) is 0 Å². The second-order valence-electron chi connectivity index (χ2n) is 5.34. The molecule has 120 valence electrons. The van der Waals surface area contributed by atoms with Gasteiger partial charge in [-0.1, -0.05) is 11.6 Å². The average molecular weight is 327 g/mol. The van der Waals surface area contributed by atoms with Gasteiger partial charge in [-0.05, 0) is 39.2 Å². The zero-order valence-electron chi connectivity index (χ0n) is 12.7. The van der Waals surface area contributed by atoms with E-state index in [-0.39, 0.29) is 28.9 Å². The van der Waals surface area contributed by atoms with Crippen LogP contribution in [0.4, 0.5) is 11.4 Å². The first-order valence-corrected chi connectivity index (χ1v) is 7.75. The lowest BCUT2D eigenvalue weighted by Gasteiger charge is -2.35. The number of piperidine rings is 1. The van der Waals surface area contributed by atoms with E-state index in [1.54, 1.807) is 6.92 Å². The van der Waals surface area contributed by atoms with Crippen LogP contribution in [0, 0.1) is 10.1 Å². The molecular weight excluding hydrogens is 308 g/mol. The zero-order valence-corrected chi connectivity index (χ0v) is 13.4. The first-order chi connectivity index (χ1) is 10.5. The van der Waals surface area contributed by atoms with E-state index < -0.39 is 10.9 Å². The predicted octanol–water partition coefficient (Wildman–Crippen LogP) is 3.80. The highest BCUT2D eigenvalue weighted by molar-refractivity contribution is 6.34. The Morgan fingerprint density at radius 3 is 2.82 bits per heavy atom. The van der Waals surface area contributed by atoms with Crippen LogP contribution in [0.2, 0.25) is 5.02 Å². The maximum atomic E-state index is 11.8. The molecule has 1 aliphatic heterocycles. The quantitative estimate of drug-likeness (QED) is 0.478. The summed E-state index contributed by atoms with van der Waals surface area (Å²) in [5, 5.41) is 11.6. The molecule has 1 aliphatic rings. The second-order valence-corrected chi connectivity index (χ2v) is 5.75. The van der Waals surface area contributed by atoms with Crippen LogP contribution in [-0.4, -0.2) is 30.1 Å². The van der Waals surface area contributed by atoms with Crippen LogP contribution in [-0.2, 0) is 4.74 Å². The van der Waals surface area contributed by atoms with Crippen molar-refractivity contribution in [3.63, 3.8) is 0 Å². The van der Waals surface area contributed by atoms with Crippen molar-refractivity contribution >= 4 is 28.9 Å². The fourth-order valence-electron chi connectivity index (χ4n) is 2.77. The number of carbonyl (C=O) groups is 1. The number of rotatable bonds is 4. The Bertz CT molecular complexity index is 591. The highest BCUT2D eigenvalue weighted by Gasteiger charge is 2.29. The van der Waals surface area contributed by atoms with Crippen molar-refractivity contribution in [3.8, 4) is 0 Å². The third-order valence-corrected chi connectivity index (χ3v) is 4.13. The summed E-state index contributed by atoms with van der Waals surface area (Å²) < 4.78 is 4.89. The molecule has 0 saturated carbocycles. The highest BCUT2D eigenvalue weighted by atomic mass is 35.5. The van der Waals surface area contributed by atoms with Gasteiger partial charge in [0.25, 0.3) is 5.69 Å². The van der Waals surface area contributed by atoms with E-state index in [4.69, 9.17) is 16.3 Å². The molecule has 1 heterocycles. The van der Waals surface area contributed by atoms with Crippen LogP contribution >= 0.6 is 11.6 Å². The smallest absolute Gasteiger partial charge is 0.338 e. The predicted molar refractivity (Wildman–Crippen MR) is 84.7 cm³/mol. The molecule has 7 heteroatoms. The molecule has 6 nitrogen and oxygen atoms in total. The fourth-order valence-corrected chi connectivity index (χ4v) is 3.09. The van der Waals surface area contributed by atoms with Gasteiger partial charge in [0, 0.05) is 18.7 Å². The minimum Gasteiger partial charge on any atom is -0.462 e. The van der Waals surface area contributed by atoms with Crippen LogP contribution in [0.25, 0.3) is 0 Å². The van der Waals surface area contributed by atoms with Gasteiger partial charge in [0.15, 0.2) is 0 Å². The normalized spacial score (nSPS) is 18.1. The highest BCUT2D eigenvalue weighted by Crippen LogP contribution is 2.40. The number of nitro groups is 1. The van der Waals surface area contributed by atoms with Gasteiger partial charge in [-0.2, -0.15) is 0 Å². The number of benzene rings is 1. The Balaban J connectivity index is 2.49. The Morgan fingerprint density at radius 1 is 1.50 bits per heavy atom. The number of carbonyl (C=O) groups excluding carboxylic acids is 1. The van der Waals surface area contributed by atoms with Crippen LogP contribution in [0.15, 0.2) is 12.1 Å². The molecule has 22 heavy (non-hydrogen) atoms. The number of hydrogen-bond donors (Lipinski definition) is 0. The Hall–Kier alpha value is -1.82. The minimum absolute atomic E-state index is 0.104. The van der Waals surface area contributed by atoms with Gasteiger partial charge in [0.05, 0.1) is 22.1 Å². The Labute approximate surface area is 134 Å². The number of esters is 1. The summed E-state index contributed by atoms with van der Waals surface area (Å²) in [6.07, 6.45) is 3.04. The van der Waals surface area contributed by atoms with Crippen molar-refractivity contribution in [1.82, 2.24) is 0 Å². The van der Waals surface area contributed by atoms with E-state index in [0.29, 0.717) is 5.69 Å². The number of ether oxygens (including phenoxy) is 1. The van der Waals surface area contributed by atoms with Gasteiger partial charge in [-0.3, -0.25) is 10.1 Å². The van der Waals surface area contributed by atoms with Crippen molar-refractivity contribution in [2.45, 2.75) is 39.2 Å². The SMILES string of the molecule is CCOC(=O)c1cc(Cl)c(N2CCCC[C@H]2C)c([N+](=O)[O-])c1. The molecule has 0 aromatic heterocycles. The van der Waals surface area contributed by atoms with E-state index >= 15 is 0 Å². The number of nitrogens with zero attached hydrogens (tertiary/aromatic N) is 2. The molecular formula is C15H19ClN2O4. The zero-order chi connectivity index (χ0) is 16.3. The third-order valence-electron chi connectivity index (χ3n) is 3.84. The number of nitro benzene ring substituents is 1. The summed E-state index contributed by atoms with van der Waals surface area (Å²) >= 11 is 6.27. The Morgan fingerprint density at radius 2 is 2.23 bits per heavy atom. The largest absolute Gasteiger partial charge is 0.462 e. The second kappa shape index (κ2) is 6.96. The molecule has 0 N–H and O–H groups in total. The molecule has 1 aromatic rings. The van der Waals surface area contributed by atoms with Gasteiger partial charge >= 0.3 is 5.97 Å². The minimum atomic E-state index is -0.606. The van der Waals surface area contributed by atoms with Crippen LogP contribution in [0.1, 0.15) is 43.5 Å². The summed E-state index contributed by atoms with van der Waals surface area (Å²) in [5.74, 6) is -0.606. The summed E-state index contributed by atoms with van der Waals surface area (Å²) in [5.41, 5.74) is 0.350. The van der Waals surface area contributed by atoms with Gasteiger partial charge in [-0.25, -0.2) is 4.79 Å². The van der Waals surface area contributed by atoms with Crippen molar-refractivity contribution < 1.29 is 14.5 Å². The molecule has 0 unspecified atom stereocenters. The van der Waals surface area contributed by atoms with E-state index in [1.807, 2.05) is 11.8 Å². The standard InChI is InChI=1S/C15H19ClN2O4/c1-3-22-15(19)11-8-12(16)14(13(9-11)18(20)21)17-7-5-4-6-10(17)2/h8-10H,3-7H2,1-2H3/t10-/m1/s1. The van der Waals surface area contributed by atoms with Crippen LogP contribution < -0.4 is 4.90 Å². The molecule has 0 spiro atoms. The molecule has 1 fully saturated rings. The number of anilines is 1. The lowest BCUT2D eigenvalue weighted by molar-refractivity contribution is -0.384. The maximum Gasteiger partial charge on any atom is 0.338 e. The lowest BCUT2D eigenvalue weighted by Crippen LogP contribution is -2.38.